The summed E-state index contributed by atoms with van der Waals surface area (Å²) in [6.45, 7) is 3.99. The van der Waals surface area contributed by atoms with Gasteiger partial charge in [0.25, 0.3) is 0 Å². The molecule has 0 aliphatic heterocycles. The molecular weight excluding hydrogens is 334 g/mol. The van der Waals surface area contributed by atoms with Gasteiger partial charge in [0.2, 0.25) is 0 Å². The molecule has 0 unspecified atom stereocenters. The largest absolute Gasteiger partial charge is 0.489 e. The molecule has 0 radical (unpaired) electrons. The molecule has 0 bridgehead atoms. The van der Waals surface area contributed by atoms with Gasteiger partial charge in [-0.2, -0.15) is 0 Å². The van der Waals surface area contributed by atoms with Crippen LogP contribution in [0.2, 0.25) is 0 Å². The van der Waals surface area contributed by atoms with E-state index < -0.39 is 0 Å². The van der Waals surface area contributed by atoms with E-state index in [0.29, 0.717) is 13.2 Å². The number of hydrogen-bond acceptors (Lipinski definition) is 4. The Kier molecular flexibility index (Phi) is 7.39. The molecule has 0 saturated carbocycles. The average Bonchev–Trinajstić information content (AvgIpc) is 2.73. The number of benzene rings is 2. The van der Waals surface area contributed by atoms with Gasteiger partial charge in [-0.05, 0) is 35.7 Å². The topological polar surface area (TPSA) is 51.4 Å². The summed E-state index contributed by atoms with van der Waals surface area (Å²) < 4.78 is 5.83. The van der Waals surface area contributed by atoms with Gasteiger partial charge < -0.3 is 10.5 Å². The minimum Gasteiger partial charge on any atom is -0.489 e. The zero-order valence-corrected chi connectivity index (χ0v) is 15.6. The normalized spacial score (nSPS) is 10.9. The van der Waals surface area contributed by atoms with Crippen LogP contribution in [0.1, 0.15) is 16.7 Å². The minimum atomic E-state index is 0.531. The highest BCUT2D eigenvalue weighted by molar-refractivity contribution is 5.27. The number of nitrogens with zero attached hydrogens (tertiary/aromatic N) is 2. The zero-order valence-electron chi connectivity index (χ0n) is 15.6. The Morgan fingerprint density at radius 1 is 0.815 bits per heavy atom. The minimum absolute atomic E-state index is 0.531. The lowest BCUT2D eigenvalue weighted by molar-refractivity contribution is 0.276. The van der Waals surface area contributed by atoms with Crippen molar-refractivity contribution < 1.29 is 4.74 Å². The molecule has 27 heavy (non-hydrogen) atoms. The van der Waals surface area contributed by atoms with Crippen molar-refractivity contribution in [1.29, 1.82) is 0 Å². The summed E-state index contributed by atoms with van der Waals surface area (Å²) in [6, 6.07) is 22.8. The van der Waals surface area contributed by atoms with Crippen molar-refractivity contribution in [2.75, 3.05) is 19.6 Å². The summed E-state index contributed by atoms with van der Waals surface area (Å²) >= 11 is 0. The number of ether oxygens (including phenoxy) is 1. The van der Waals surface area contributed by atoms with E-state index in [4.69, 9.17) is 10.5 Å². The Hall–Kier alpha value is -2.69. The maximum atomic E-state index is 5.83. The summed E-state index contributed by atoms with van der Waals surface area (Å²) in [5, 5.41) is 0. The molecule has 0 amide bonds. The molecule has 0 aliphatic carbocycles. The van der Waals surface area contributed by atoms with Crippen LogP contribution >= 0.6 is 0 Å². The molecule has 4 heteroatoms. The van der Waals surface area contributed by atoms with Crippen LogP contribution in [-0.4, -0.2) is 29.5 Å². The summed E-state index contributed by atoms with van der Waals surface area (Å²) in [7, 11) is 0. The molecule has 0 atom stereocenters. The Bertz CT molecular complexity index is 776. The third-order valence-electron chi connectivity index (χ3n) is 4.46. The van der Waals surface area contributed by atoms with Gasteiger partial charge in [0.1, 0.15) is 12.4 Å². The molecule has 1 heterocycles. The second-order valence-corrected chi connectivity index (χ2v) is 6.59. The van der Waals surface area contributed by atoms with Crippen LogP contribution in [-0.2, 0) is 19.6 Å². The van der Waals surface area contributed by atoms with E-state index >= 15 is 0 Å². The second-order valence-electron chi connectivity index (χ2n) is 6.59. The van der Waals surface area contributed by atoms with Crippen LogP contribution in [0.15, 0.2) is 79.1 Å². The molecule has 2 aromatic carbocycles. The molecule has 0 saturated heterocycles. The number of rotatable bonds is 10. The lowest BCUT2D eigenvalue weighted by atomic mass is 10.1. The van der Waals surface area contributed by atoms with Crippen molar-refractivity contribution in [2.45, 2.75) is 19.6 Å². The molecule has 140 valence electrons. The number of pyridine rings is 1. The molecular formula is C23H27N3O. The van der Waals surface area contributed by atoms with E-state index in [1.807, 2.05) is 30.5 Å². The van der Waals surface area contributed by atoms with E-state index in [9.17, 15) is 0 Å². The third-order valence-corrected chi connectivity index (χ3v) is 4.46. The van der Waals surface area contributed by atoms with Gasteiger partial charge in [0, 0.05) is 44.1 Å². The highest BCUT2D eigenvalue weighted by Crippen LogP contribution is 2.15. The predicted molar refractivity (Wildman–Crippen MR) is 109 cm³/mol. The lowest BCUT2D eigenvalue weighted by Gasteiger charge is -2.22. The summed E-state index contributed by atoms with van der Waals surface area (Å²) in [5.74, 6) is 0.872. The molecule has 0 spiro atoms. The molecule has 0 fully saturated rings. The monoisotopic (exact) mass is 361 g/mol. The summed E-state index contributed by atoms with van der Waals surface area (Å²) in [6.07, 6.45) is 4.63. The van der Waals surface area contributed by atoms with Crippen LogP contribution < -0.4 is 10.5 Å². The Labute approximate surface area is 161 Å². The van der Waals surface area contributed by atoms with Crippen LogP contribution in [0.3, 0.4) is 0 Å². The first-order valence-electron chi connectivity index (χ1n) is 9.40. The van der Waals surface area contributed by atoms with Crippen LogP contribution in [0.4, 0.5) is 0 Å². The number of aromatic nitrogens is 1. The zero-order chi connectivity index (χ0) is 18.7. The quantitative estimate of drug-likeness (QED) is 0.599. The number of hydrogen-bond donors (Lipinski definition) is 1. The van der Waals surface area contributed by atoms with Gasteiger partial charge in [0.05, 0.1) is 0 Å². The molecule has 0 aliphatic rings. The standard InChI is InChI=1S/C23H27N3O/c24-13-16-26(15-12-20-5-2-1-3-6-20)18-21-8-10-23(11-9-21)27-19-22-7-4-14-25-17-22/h1-11,14,17H,12-13,15-16,18-19,24H2. The van der Waals surface area contributed by atoms with Crippen molar-refractivity contribution in [3.8, 4) is 5.75 Å². The maximum Gasteiger partial charge on any atom is 0.119 e. The van der Waals surface area contributed by atoms with E-state index in [-0.39, 0.29) is 0 Å². The van der Waals surface area contributed by atoms with Gasteiger partial charge in [-0.25, -0.2) is 0 Å². The Balaban J connectivity index is 1.51. The van der Waals surface area contributed by atoms with E-state index in [2.05, 4.69) is 52.3 Å². The van der Waals surface area contributed by atoms with Crippen molar-refractivity contribution >= 4 is 0 Å². The fraction of sp³-hybridized carbons (Fsp3) is 0.261. The van der Waals surface area contributed by atoms with Gasteiger partial charge >= 0.3 is 0 Å². The summed E-state index contributed by atoms with van der Waals surface area (Å²) in [5.41, 5.74) is 9.50. The maximum absolute atomic E-state index is 5.83. The summed E-state index contributed by atoms with van der Waals surface area (Å²) in [4.78, 5) is 6.51. The highest BCUT2D eigenvalue weighted by Gasteiger charge is 2.06. The van der Waals surface area contributed by atoms with Crippen LogP contribution in [0.5, 0.6) is 5.75 Å². The number of nitrogens with two attached hydrogens (primary N) is 1. The van der Waals surface area contributed by atoms with Crippen molar-refractivity contribution in [3.05, 3.63) is 95.8 Å². The molecule has 3 rings (SSSR count). The molecule has 4 nitrogen and oxygen atoms in total. The van der Waals surface area contributed by atoms with Crippen LogP contribution in [0.25, 0.3) is 0 Å². The van der Waals surface area contributed by atoms with Crippen molar-refractivity contribution in [2.24, 2.45) is 5.73 Å². The van der Waals surface area contributed by atoms with E-state index in [0.717, 1.165) is 37.4 Å². The van der Waals surface area contributed by atoms with E-state index in [1.165, 1.54) is 11.1 Å². The third kappa shape index (κ3) is 6.51. The smallest absolute Gasteiger partial charge is 0.119 e. The fourth-order valence-electron chi connectivity index (χ4n) is 2.98. The lowest BCUT2D eigenvalue weighted by Crippen LogP contribution is -2.31. The van der Waals surface area contributed by atoms with Gasteiger partial charge in [-0.1, -0.05) is 48.5 Å². The SMILES string of the molecule is NCCN(CCc1ccccc1)Cc1ccc(OCc2cccnc2)cc1. The molecule has 1 aromatic heterocycles. The first-order valence-corrected chi connectivity index (χ1v) is 9.40. The van der Waals surface area contributed by atoms with E-state index in [1.54, 1.807) is 6.20 Å². The molecule has 3 aromatic rings. The average molecular weight is 361 g/mol. The first kappa shape index (κ1) is 19.1. The fourth-order valence-corrected chi connectivity index (χ4v) is 2.98. The Morgan fingerprint density at radius 3 is 2.30 bits per heavy atom. The Morgan fingerprint density at radius 2 is 1.59 bits per heavy atom. The van der Waals surface area contributed by atoms with Crippen molar-refractivity contribution in [1.82, 2.24) is 9.88 Å². The van der Waals surface area contributed by atoms with Gasteiger partial charge in [-0.3, -0.25) is 9.88 Å². The predicted octanol–water partition coefficient (Wildman–Crippen LogP) is 3.66. The first-order chi connectivity index (χ1) is 13.3. The van der Waals surface area contributed by atoms with Gasteiger partial charge in [0.15, 0.2) is 0 Å². The molecule has 2 N–H and O–H groups in total. The van der Waals surface area contributed by atoms with Gasteiger partial charge in [-0.15, -0.1) is 0 Å². The highest BCUT2D eigenvalue weighted by atomic mass is 16.5. The van der Waals surface area contributed by atoms with Crippen molar-refractivity contribution in [3.63, 3.8) is 0 Å². The second kappa shape index (κ2) is 10.5. The van der Waals surface area contributed by atoms with Crippen LogP contribution in [0, 0.1) is 0 Å².